The average molecular weight is 440 g/mol. The van der Waals surface area contributed by atoms with E-state index in [1.54, 1.807) is 4.90 Å². The molecule has 4 aliphatic rings. The number of alkyl halides is 2. The Kier molecular flexibility index (Phi) is 6.43. The summed E-state index contributed by atoms with van der Waals surface area (Å²) in [5.41, 5.74) is 0. The molecule has 8 nitrogen and oxygen atoms in total. The molecule has 4 rings (SSSR count). The molecule has 10 heteroatoms. The summed E-state index contributed by atoms with van der Waals surface area (Å²) in [5, 5.41) is 7.60. The maximum Gasteiger partial charge on any atom is 0.315 e. The second kappa shape index (κ2) is 9.08. The van der Waals surface area contributed by atoms with Gasteiger partial charge >= 0.3 is 6.03 Å². The lowest BCUT2D eigenvalue weighted by Crippen LogP contribution is -2.53. The summed E-state index contributed by atoms with van der Waals surface area (Å²) in [6.45, 7) is 0.893. The minimum absolute atomic E-state index is 0.00749. The maximum atomic E-state index is 13.9. The van der Waals surface area contributed by atoms with Gasteiger partial charge in [-0.25, -0.2) is 13.6 Å². The van der Waals surface area contributed by atoms with Gasteiger partial charge in [0.05, 0.1) is 6.04 Å². The largest absolute Gasteiger partial charge is 0.338 e. The molecule has 0 aromatic carbocycles. The van der Waals surface area contributed by atoms with E-state index in [1.807, 2.05) is 0 Å². The summed E-state index contributed by atoms with van der Waals surface area (Å²) in [6, 6.07) is -1.90. The van der Waals surface area contributed by atoms with Crippen LogP contribution in [-0.2, 0) is 14.4 Å². The number of rotatable bonds is 4. The van der Waals surface area contributed by atoms with Gasteiger partial charge in [-0.05, 0) is 50.4 Å². The van der Waals surface area contributed by atoms with Gasteiger partial charge in [0, 0.05) is 31.8 Å². The summed E-state index contributed by atoms with van der Waals surface area (Å²) in [4.78, 5) is 50.3. The lowest BCUT2D eigenvalue weighted by molar-refractivity contribution is -0.145. The SMILES string of the molecule is O=C1CCC(N2CC3CCC(CNC(=O)NC4CC(F)CCC4F)CC3C2=O)C(=O)N1. The molecule has 172 valence electrons. The van der Waals surface area contributed by atoms with Crippen LogP contribution < -0.4 is 16.0 Å². The lowest BCUT2D eigenvalue weighted by Gasteiger charge is -2.31. The minimum atomic E-state index is -1.23. The Morgan fingerprint density at radius 2 is 1.87 bits per heavy atom. The summed E-state index contributed by atoms with van der Waals surface area (Å²) in [7, 11) is 0. The van der Waals surface area contributed by atoms with E-state index in [0.29, 0.717) is 25.9 Å². The number of fused-ring (bicyclic) bond motifs is 1. The van der Waals surface area contributed by atoms with Crippen molar-refractivity contribution in [2.24, 2.45) is 17.8 Å². The number of piperidine rings is 1. The molecule has 2 aliphatic carbocycles. The van der Waals surface area contributed by atoms with Crippen molar-refractivity contribution in [1.29, 1.82) is 0 Å². The van der Waals surface area contributed by atoms with Crippen molar-refractivity contribution >= 4 is 23.8 Å². The van der Waals surface area contributed by atoms with E-state index in [-0.39, 0.29) is 55.3 Å². The van der Waals surface area contributed by atoms with Crippen LogP contribution in [0.25, 0.3) is 0 Å². The minimum Gasteiger partial charge on any atom is -0.338 e. The predicted molar refractivity (Wildman–Crippen MR) is 106 cm³/mol. The van der Waals surface area contributed by atoms with Gasteiger partial charge in [-0.1, -0.05) is 0 Å². The van der Waals surface area contributed by atoms with Crippen LogP contribution in [-0.4, -0.2) is 66.2 Å². The molecule has 2 saturated carbocycles. The zero-order valence-electron chi connectivity index (χ0n) is 17.4. The number of likely N-dealkylation sites (tertiary alicyclic amines) is 1. The van der Waals surface area contributed by atoms with Crippen LogP contribution >= 0.6 is 0 Å². The first kappa shape index (κ1) is 22.0. The Morgan fingerprint density at radius 1 is 1.06 bits per heavy atom. The predicted octanol–water partition coefficient (Wildman–Crippen LogP) is 1.19. The van der Waals surface area contributed by atoms with Crippen molar-refractivity contribution in [3.05, 3.63) is 0 Å². The average Bonchev–Trinajstić information content (AvgIpc) is 3.05. The number of halogens is 2. The smallest absolute Gasteiger partial charge is 0.315 e. The van der Waals surface area contributed by atoms with Crippen molar-refractivity contribution in [1.82, 2.24) is 20.9 Å². The lowest BCUT2D eigenvalue weighted by atomic mass is 9.75. The Balaban J connectivity index is 1.26. The second-order valence-electron chi connectivity index (χ2n) is 9.39. The van der Waals surface area contributed by atoms with E-state index >= 15 is 0 Å². The fraction of sp³-hybridized carbons (Fsp3) is 0.810. The van der Waals surface area contributed by atoms with Gasteiger partial charge in [-0.15, -0.1) is 0 Å². The number of urea groups is 1. The van der Waals surface area contributed by atoms with Gasteiger partial charge in [0.15, 0.2) is 0 Å². The van der Waals surface area contributed by atoms with E-state index in [0.717, 1.165) is 12.8 Å². The third kappa shape index (κ3) is 4.82. The molecule has 7 atom stereocenters. The van der Waals surface area contributed by atoms with Crippen molar-refractivity contribution in [3.8, 4) is 0 Å². The first-order chi connectivity index (χ1) is 14.8. The number of nitrogens with one attached hydrogen (secondary N) is 3. The third-order valence-corrected chi connectivity index (χ3v) is 7.29. The third-order valence-electron chi connectivity index (χ3n) is 7.29. The van der Waals surface area contributed by atoms with Crippen LogP contribution in [0.2, 0.25) is 0 Å². The Bertz CT molecular complexity index is 751. The molecule has 5 amide bonds. The van der Waals surface area contributed by atoms with Crippen molar-refractivity contribution in [2.75, 3.05) is 13.1 Å². The first-order valence-electron chi connectivity index (χ1n) is 11.3. The first-order valence-corrected chi connectivity index (χ1v) is 11.3. The summed E-state index contributed by atoms with van der Waals surface area (Å²) in [6.07, 6.45) is 0.863. The molecule has 2 heterocycles. The normalized spacial score (nSPS) is 38.5. The van der Waals surface area contributed by atoms with Gasteiger partial charge in [-0.3, -0.25) is 19.7 Å². The summed E-state index contributed by atoms with van der Waals surface area (Å²) < 4.78 is 27.4. The van der Waals surface area contributed by atoms with Crippen LogP contribution in [0.4, 0.5) is 13.6 Å². The van der Waals surface area contributed by atoms with Gasteiger partial charge in [-0.2, -0.15) is 0 Å². The van der Waals surface area contributed by atoms with Crippen molar-refractivity contribution in [3.63, 3.8) is 0 Å². The summed E-state index contributed by atoms with van der Waals surface area (Å²) >= 11 is 0. The maximum absolute atomic E-state index is 13.9. The number of carbonyl (C=O) groups is 4. The Hall–Kier alpha value is -2.26. The van der Waals surface area contributed by atoms with Crippen LogP contribution in [0, 0.1) is 17.8 Å². The highest BCUT2D eigenvalue weighted by Crippen LogP contribution is 2.41. The molecule has 4 fully saturated rings. The van der Waals surface area contributed by atoms with E-state index in [9.17, 15) is 28.0 Å². The highest BCUT2D eigenvalue weighted by molar-refractivity contribution is 6.02. The molecular weight excluding hydrogens is 410 g/mol. The van der Waals surface area contributed by atoms with Gasteiger partial charge < -0.3 is 15.5 Å². The fourth-order valence-electron chi connectivity index (χ4n) is 5.53. The molecule has 7 unspecified atom stereocenters. The van der Waals surface area contributed by atoms with E-state index < -0.39 is 36.4 Å². The number of hydrogen-bond donors (Lipinski definition) is 3. The zero-order valence-corrected chi connectivity index (χ0v) is 17.4. The summed E-state index contributed by atoms with van der Waals surface area (Å²) in [5.74, 6) is -0.648. The monoisotopic (exact) mass is 440 g/mol. The Morgan fingerprint density at radius 3 is 2.65 bits per heavy atom. The topological polar surface area (TPSA) is 108 Å². The molecular formula is C21H30F2N4O4. The van der Waals surface area contributed by atoms with Crippen molar-refractivity contribution < 1.29 is 28.0 Å². The number of carbonyl (C=O) groups excluding carboxylic acids is 4. The number of hydrogen-bond acceptors (Lipinski definition) is 4. The Labute approximate surface area is 179 Å². The standard InChI is InChI=1S/C21H30F2N4O4/c22-13-3-4-15(23)16(8-13)25-21(31)24-9-11-1-2-12-10-27(20(30)14(12)7-11)17-5-6-18(28)26-19(17)29/h11-17H,1-10H2,(H2,24,25,31)(H,26,28,29). The van der Waals surface area contributed by atoms with E-state index in [2.05, 4.69) is 16.0 Å². The number of imide groups is 1. The molecule has 2 aliphatic heterocycles. The molecule has 0 aromatic rings. The molecule has 0 spiro atoms. The molecule has 0 bridgehead atoms. The van der Waals surface area contributed by atoms with Gasteiger partial charge in [0.1, 0.15) is 18.4 Å². The van der Waals surface area contributed by atoms with Crippen LogP contribution in [0.3, 0.4) is 0 Å². The van der Waals surface area contributed by atoms with Gasteiger partial charge in [0.25, 0.3) is 0 Å². The molecule has 0 radical (unpaired) electrons. The van der Waals surface area contributed by atoms with E-state index in [4.69, 9.17) is 0 Å². The molecule has 31 heavy (non-hydrogen) atoms. The fourth-order valence-corrected chi connectivity index (χ4v) is 5.53. The van der Waals surface area contributed by atoms with Crippen molar-refractivity contribution in [2.45, 2.75) is 75.8 Å². The molecule has 2 saturated heterocycles. The van der Waals surface area contributed by atoms with Gasteiger partial charge in [0.2, 0.25) is 17.7 Å². The van der Waals surface area contributed by atoms with Crippen LogP contribution in [0.1, 0.15) is 51.4 Å². The number of nitrogens with zero attached hydrogens (tertiary/aromatic N) is 1. The molecule has 3 N–H and O–H groups in total. The van der Waals surface area contributed by atoms with Crippen LogP contribution in [0.5, 0.6) is 0 Å². The highest BCUT2D eigenvalue weighted by atomic mass is 19.1. The quantitative estimate of drug-likeness (QED) is 0.571. The zero-order chi connectivity index (χ0) is 22.1. The molecule has 0 aromatic heterocycles. The second-order valence-corrected chi connectivity index (χ2v) is 9.39. The van der Waals surface area contributed by atoms with E-state index in [1.165, 1.54) is 0 Å². The number of amides is 5. The highest BCUT2D eigenvalue weighted by Gasteiger charge is 2.48. The van der Waals surface area contributed by atoms with Crippen LogP contribution in [0.15, 0.2) is 0 Å².